The predicted octanol–water partition coefficient (Wildman–Crippen LogP) is -1.28. The summed E-state index contributed by atoms with van der Waals surface area (Å²) < 4.78 is 0. The number of carbonyl (C=O) groups is 1. The van der Waals surface area contributed by atoms with Gasteiger partial charge in [0.25, 0.3) is 0 Å². The molecule has 1 atom stereocenters. The molecule has 0 bridgehead atoms. The lowest BCUT2D eigenvalue weighted by Crippen LogP contribution is -2.45. The Kier molecular flexibility index (Phi) is 2.48. The average molecular weight is 116 g/mol. The highest BCUT2D eigenvalue weighted by Gasteiger charge is 2.06. The molecule has 0 saturated carbocycles. The molecule has 0 unspecified atom stereocenters. The Balaban J connectivity index is 3.64. The Morgan fingerprint density at radius 1 is 1.62 bits per heavy atom. The lowest BCUT2D eigenvalue weighted by Gasteiger charge is -2.15. The van der Waals surface area contributed by atoms with E-state index < -0.39 is 12.0 Å². The smallest absolute Gasteiger partial charge is 0.0584 e. The molecule has 0 aromatic rings. The largest absolute Gasteiger partial charge is 0.548 e. The van der Waals surface area contributed by atoms with Crippen molar-refractivity contribution in [1.82, 2.24) is 0 Å². The fourth-order valence-electron chi connectivity index (χ4n) is 0.272. The van der Waals surface area contributed by atoms with Gasteiger partial charge >= 0.3 is 0 Å². The molecular weight excluding hydrogens is 106 g/mol. The van der Waals surface area contributed by atoms with Gasteiger partial charge in [0.05, 0.1) is 5.97 Å². The molecule has 3 heteroatoms. The minimum Gasteiger partial charge on any atom is -0.548 e. The number of carbonyl (C=O) groups excluding carboxylic acids is 1. The van der Waals surface area contributed by atoms with E-state index >= 15 is 0 Å². The van der Waals surface area contributed by atoms with E-state index in [4.69, 9.17) is 5.73 Å². The van der Waals surface area contributed by atoms with Crippen LogP contribution in [-0.2, 0) is 4.79 Å². The Morgan fingerprint density at radius 2 is 2.00 bits per heavy atom. The van der Waals surface area contributed by atoms with Crippen molar-refractivity contribution in [1.29, 1.82) is 0 Å². The molecule has 0 amide bonds. The van der Waals surface area contributed by atoms with Crippen LogP contribution in [-0.4, -0.2) is 12.0 Å². The van der Waals surface area contributed by atoms with Crippen LogP contribution in [0.5, 0.6) is 0 Å². The van der Waals surface area contributed by atoms with Crippen LogP contribution in [0.4, 0.5) is 0 Å². The van der Waals surface area contributed by atoms with E-state index in [0.717, 1.165) is 0 Å². The summed E-state index contributed by atoms with van der Waals surface area (Å²) in [4.78, 5) is 9.90. The van der Waals surface area contributed by atoms with Gasteiger partial charge in [-0.05, 0) is 5.92 Å². The quantitative estimate of drug-likeness (QED) is 0.488. The van der Waals surface area contributed by atoms with Gasteiger partial charge in [-0.2, -0.15) is 0 Å². The summed E-state index contributed by atoms with van der Waals surface area (Å²) in [7, 11) is 0. The van der Waals surface area contributed by atoms with E-state index in [0.29, 0.717) is 0 Å². The molecule has 0 aromatic heterocycles. The van der Waals surface area contributed by atoms with Gasteiger partial charge in [0.15, 0.2) is 0 Å². The molecule has 0 aliphatic rings. The molecule has 0 saturated heterocycles. The van der Waals surface area contributed by atoms with E-state index in [1.54, 1.807) is 13.8 Å². The summed E-state index contributed by atoms with van der Waals surface area (Å²) in [5, 5.41) is 9.90. The summed E-state index contributed by atoms with van der Waals surface area (Å²) in [6, 6.07) is -0.824. The standard InChI is InChI=1S/C5H11NO2/c1-3(2)4(6)5(7)8/h3-4H,6H2,1-2H3,(H,7,8)/p-1/t4-/m0/s1. The van der Waals surface area contributed by atoms with Gasteiger partial charge in [-0.25, -0.2) is 0 Å². The van der Waals surface area contributed by atoms with Crippen molar-refractivity contribution < 1.29 is 9.90 Å². The summed E-state index contributed by atoms with van der Waals surface area (Å²) in [5.74, 6) is -1.22. The first-order chi connectivity index (χ1) is 3.55. The number of carboxylic acids is 1. The van der Waals surface area contributed by atoms with Crippen LogP contribution in [0.25, 0.3) is 0 Å². The van der Waals surface area contributed by atoms with Gasteiger partial charge in [-0.3, -0.25) is 0 Å². The monoisotopic (exact) mass is 116 g/mol. The number of carboxylic acid groups (broad SMARTS) is 1. The van der Waals surface area contributed by atoms with Crippen LogP contribution in [0.15, 0.2) is 0 Å². The molecule has 0 aliphatic carbocycles. The lowest BCUT2D eigenvalue weighted by molar-refractivity contribution is -0.308. The normalized spacial score (nSPS) is 14.0. The first-order valence-electron chi connectivity index (χ1n) is 2.52. The van der Waals surface area contributed by atoms with E-state index in [1.807, 2.05) is 0 Å². The molecule has 0 aromatic carbocycles. The molecule has 0 heterocycles. The molecule has 2 N–H and O–H groups in total. The average Bonchev–Trinajstić information content (AvgIpc) is 1.64. The van der Waals surface area contributed by atoms with Crippen molar-refractivity contribution in [2.24, 2.45) is 11.7 Å². The van der Waals surface area contributed by atoms with Gasteiger partial charge in [0, 0.05) is 6.04 Å². The second kappa shape index (κ2) is 2.67. The third kappa shape index (κ3) is 1.93. The SMILES string of the molecule is CC(C)[C@H](N)C(=O)[O-]. The van der Waals surface area contributed by atoms with Crippen LogP contribution < -0.4 is 10.8 Å². The van der Waals surface area contributed by atoms with Gasteiger partial charge in [0.1, 0.15) is 0 Å². The van der Waals surface area contributed by atoms with Crippen LogP contribution >= 0.6 is 0 Å². The first kappa shape index (κ1) is 7.43. The highest BCUT2D eigenvalue weighted by atomic mass is 16.4. The molecule has 0 spiro atoms. The predicted molar refractivity (Wildman–Crippen MR) is 27.8 cm³/mol. The molecule has 0 aliphatic heterocycles. The number of nitrogens with two attached hydrogens (primary N) is 1. The second-order valence-corrected chi connectivity index (χ2v) is 2.09. The number of rotatable bonds is 2. The van der Waals surface area contributed by atoms with Crippen molar-refractivity contribution in [3.8, 4) is 0 Å². The maximum atomic E-state index is 9.90. The summed E-state index contributed by atoms with van der Waals surface area (Å²) in [6.45, 7) is 3.47. The molecule has 8 heavy (non-hydrogen) atoms. The van der Waals surface area contributed by atoms with Crippen LogP contribution in [0, 0.1) is 5.92 Å². The summed E-state index contributed by atoms with van der Waals surface area (Å²) in [6.07, 6.45) is 0. The van der Waals surface area contributed by atoms with E-state index in [9.17, 15) is 9.90 Å². The highest BCUT2D eigenvalue weighted by molar-refractivity contribution is 5.71. The second-order valence-electron chi connectivity index (χ2n) is 2.09. The maximum Gasteiger partial charge on any atom is 0.0584 e. The van der Waals surface area contributed by atoms with Crippen molar-refractivity contribution in [3.63, 3.8) is 0 Å². The van der Waals surface area contributed by atoms with E-state index in [2.05, 4.69) is 0 Å². The Hall–Kier alpha value is -0.570. The minimum atomic E-state index is -1.18. The lowest BCUT2D eigenvalue weighted by atomic mass is 10.1. The zero-order valence-corrected chi connectivity index (χ0v) is 5.05. The number of aliphatic carboxylic acids is 1. The third-order valence-electron chi connectivity index (χ3n) is 0.990. The molecular formula is C5H10NO2-. The molecule has 0 fully saturated rings. The van der Waals surface area contributed by atoms with Gasteiger partial charge in [0.2, 0.25) is 0 Å². The number of hydrogen-bond donors (Lipinski definition) is 1. The van der Waals surface area contributed by atoms with Crippen LogP contribution in [0.3, 0.4) is 0 Å². The Bertz CT molecular complexity index is 90.4. The Morgan fingerprint density at radius 3 is 2.00 bits per heavy atom. The van der Waals surface area contributed by atoms with Crippen LogP contribution in [0.2, 0.25) is 0 Å². The van der Waals surface area contributed by atoms with Gasteiger partial charge in [-0.15, -0.1) is 0 Å². The van der Waals surface area contributed by atoms with Crippen molar-refractivity contribution in [2.75, 3.05) is 0 Å². The number of hydrogen-bond acceptors (Lipinski definition) is 3. The topological polar surface area (TPSA) is 66.2 Å². The minimum absolute atomic E-state index is 0.0417. The highest BCUT2D eigenvalue weighted by Crippen LogP contribution is 1.94. The van der Waals surface area contributed by atoms with Gasteiger partial charge in [-0.1, -0.05) is 13.8 Å². The van der Waals surface area contributed by atoms with Crippen molar-refractivity contribution in [2.45, 2.75) is 19.9 Å². The summed E-state index contributed by atoms with van der Waals surface area (Å²) >= 11 is 0. The van der Waals surface area contributed by atoms with E-state index in [1.165, 1.54) is 0 Å². The third-order valence-corrected chi connectivity index (χ3v) is 0.990. The Labute approximate surface area is 48.5 Å². The zero-order valence-electron chi connectivity index (χ0n) is 5.05. The first-order valence-corrected chi connectivity index (χ1v) is 2.52. The zero-order chi connectivity index (χ0) is 6.73. The summed E-state index contributed by atoms with van der Waals surface area (Å²) in [5.41, 5.74) is 5.10. The van der Waals surface area contributed by atoms with Crippen molar-refractivity contribution >= 4 is 5.97 Å². The maximum absolute atomic E-state index is 9.90. The van der Waals surface area contributed by atoms with E-state index in [-0.39, 0.29) is 5.92 Å². The molecule has 0 radical (unpaired) electrons. The van der Waals surface area contributed by atoms with Gasteiger partial charge < -0.3 is 15.6 Å². The van der Waals surface area contributed by atoms with Crippen molar-refractivity contribution in [3.05, 3.63) is 0 Å². The molecule has 48 valence electrons. The fourth-order valence-corrected chi connectivity index (χ4v) is 0.272. The van der Waals surface area contributed by atoms with Crippen LogP contribution in [0.1, 0.15) is 13.8 Å². The molecule has 3 nitrogen and oxygen atoms in total. The fraction of sp³-hybridized carbons (Fsp3) is 0.800. The molecule has 0 rings (SSSR count).